The highest BCUT2D eigenvalue weighted by Crippen LogP contribution is 2.36. The SMILES string of the molecule is C[Si](C)(C)CCOCn1ccc2c(C3(C(=O)O)C=CC=CC3)nccc21. The van der Waals surface area contributed by atoms with Crippen LogP contribution in [0.3, 0.4) is 0 Å². The minimum absolute atomic E-state index is 0.406. The lowest BCUT2D eigenvalue weighted by molar-refractivity contribution is -0.141. The molecule has 0 radical (unpaired) electrons. The van der Waals surface area contributed by atoms with Crippen molar-refractivity contribution < 1.29 is 14.6 Å². The van der Waals surface area contributed by atoms with Crippen LogP contribution >= 0.6 is 0 Å². The van der Waals surface area contributed by atoms with Gasteiger partial charge in [0.05, 0.1) is 11.2 Å². The average molecular weight is 371 g/mol. The Hall–Kier alpha value is -2.18. The summed E-state index contributed by atoms with van der Waals surface area (Å²) in [6, 6.07) is 4.98. The Bertz CT molecular complexity index is 864. The average Bonchev–Trinajstić information content (AvgIpc) is 3.01. The third kappa shape index (κ3) is 3.66. The number of carbonyl (C=O) groups is 1. The van der Waals surface area contributed by atoms with Gasteiger partial charge >= 0.3 is 5.97 Å². The predicted molar refractivity (Wildman–Crippen MR) is 106 cm³/mol. The van der Waals surface area contributed by atoms with Gasteiger partial charge in [0.1, 0.15) is 12.1 Å². The lowest BCUT2D eigenvalue weighted by Gasteiger charge is -2.26. The molecule has 5 nitrogen and oxygen atoms in total. The number of ether oxygens (including phenoxy) is 1. The molecule has 1 aliphatic rings. The van der Waals surface area contributed by atoms with Crippen molar-refractivity contribution in [2.24, 2.45) is 0 Å². The van der Waals surface area contributed by atoms with E-state index in [1.165, 1.54) is 0 Å². The third-order valence-corrected chi connectivity index (χ3v) is 6.50. The third-order valence-electron chi connectivity index (χ3n) is 4.80. The van der Waals surface area contributed by atoms with Crippen LogP contribution in [0.25, 0.3) is 10.9 Å². The number of aromatic nitrogens is 2. The fraction of sp³-hybridized carbons (Fsp3) is 0.400. The Morgan fingerprint density at radius 1 is 1.35 bits per heavy atom. The van der Waals surface area contributed by atoms with Crippen molar-refractivity contribution in [1.29, 1.82) is 0 Å². The zero-order valence-electron chi connectivity index (χ0n) is 15.6. The van der Waals surface area contributed by atoms with E-state index < -0.39 is 19.5 Å². The molecular formula is C20H26N2O3Si. The molecule has 0 aliphatic heterocycles. The van der Waals surface area contributed by atoms with Crippen LogP contribution in [0.2, 0.25) is 25.7 Å². The quantitative estimate of drug-likeness (QED) is 0.586. The fourth-order valence-corrected chi connectivity index (χ4v) is 3.94. The van der Waals surface area contributed by atoms with Crippen LogP contribution in [0.5, 0.6) is 0 Å². The van der Waals surface area contributed by atoms with E-state index in [1.807, 2.05) is 35.0 Å². The molecule has 1 N–H and O–H groups in total. The van der Waals surface area contributed by atoms with Crippen LogP contribution in [-0.4, -0.2) is 35.3 Å². The number of allylic oxidation sites excluding steroid dienone is 3. The smallest absolute Gasteiger partial charge is 0.320 e. The largest absolute Gasteiger partial charge is 0.480 e. The Morgan fingerprint density at radius 2 is 2.15 bits per heavy atom. The second-order valence-corrected chi connectivity index (χ2v) is 13.6. The number of carboxylic acid groups (broad SMARTS) is 1. The highest BCUT2D eigenvalue weighted by molar-refractivity contribution is 6.76. The highest BCUT2D eigenvalue weighted by Gasteiger charge is 2.40. The maximum absolute atomic E-state index is 12.1. The van der Waals surface area contributed by atoms with E-state index >= 15 is 0 Å². The molecule has 0 amide bonds. The Kier molecular flexibility index (Phi) is 5.16. The lowest BCUT2D eigenvalue weighted by atomic mass is 9.77. The molecule has 1 aliphatic carbocycles. The van der Waals surface area contributed by atoms with Gasteiger partial charge in [-0.3, -0.25) is 9.78 Å². The molecule has 26 heavy (non-hydrogen) atoms. The number of fused-ring (bicyclic) bond motifs is 1. The predicted octanol–water partition coefficient (Wildman–Crippen LogP) is 4.19. The normalized spacial score (nSPS) is 20.0. The summed E-state index contributed by atoms with van der Waals surface area (Å²) >= 11 is 0. The first-order valence-electron chi connectivity index (χ1n) is 8.93. The molecule has 0 bridgehead atoms. The van der Waals surface area contributed by atoms with E-state index in [9.17, 15) is 9.90 Å². The number of pyridine rings is 1. The number of hydrogen-bond donors (Lipinski definition) is 1. The summed E-state index contributed by atoms with van der Waals surface area (Å²) in [5.41, 5.74) is 0.426. The van der Waals surface area contributed by atoms with E-state index in [0.29, 0.717) is 18.8 Å². The van der Waals surface area contributed by atoms with Crippen LogP contribution in [0.15, 0.2) is 48.8 Å². The van der Waals surface area contributed by atoms with Crippen LogP contribution in [-0.2, 0) is 21.7 Å². The number of carboxylic acids is 1. The van der Waals surface area contributed by atoms with E-state index in [-0.39, 0.29) is 0 Å². The molecule has 2 aromatic rings. The monoisotopic (exact) mass is 370 g/mol. The molecule has 0 spiro atoms. The molecular weight excluding hydrogens is 344 g/mol. The molecule has 0 saturated heterocycles. The van der Waals surface area contributed by atoms with Gasteiger partial charge in [0.2, 0.25) is 0 Å². The van der Waals surface area contributed by atoms with Crippen LogP contribution in [0.1, 0.15) is 12.1 Å². The van der Waals surface area contributed by atoms with Crippen molar-refractivity contribution in [2.75, 3.05) is 6.61 Å². The lowest BCUT2D eigenvalue weighted by Crippen LogP contribution is -2.35. The maximum Gasteiger partial charge on any atom is 0.320 e. The van der Waals surface area contributed by atoms with E-state index in [1.54, 1.807) is 18.3 Å². The first-order valence-corrected chi connectivity index (χ1v) is 12.6. The minimum atomic E-state index is -1.11. The van der Waals surface area contributed by atoms with Gasteiger partial charge < -0.3 is 14.4 Å². The van der Waals surface area contributed by atoms with Crippen LogP contribution in [0.4, 0.5) is 0 Å². The van der Waals surface area contributed by atoms with E-state index in [2.05, 4.69) is 24.6 Å². The molecule has 2 aromatic heterocycles. The first kappa shape index (κ1) is 18.6. The summed E-state index contributed by atoms with van der Waals surface area (Å²) in [6.07, 6.45) is 11.3. The fourth-order valence-electron chi connectivity index (χ4n) is 3.19. The molecule has 0 aromatic carbocycles. The number of rotatable bonds is 7. The van der Waals surface area contributed by atoms with Gasteiger partial charge in [-0.25, -0.2) is 0 Å². The molecule has 138 valence electrons. The van der Waals surface area contributed by atoms with Gasteiger partial charge in [0, 0.05) is 32.5 Å². The second-order valence-electron chi connectivity index (χ2n) is 7.99. The van der Waals surface area contributed by atoms with Crippen molar-refractivity contribution >= 4 is 24.9 Å². The molecule has 1 unspecified atom stereocenters. The zero-order chi connectivity index (χ0) is 18.8. The molecule has 3 rings (SSSR count). The molecule has 1 atom stereocenters. The van der Waals surface area contributed by atoms with Crippen molar-refractivity contribution in [1.82, 2.24) is 9.55 Å². The number of nitrogens with zero attached hydrogens (tertiary/aromatic N) is 2. The van der Waals surface area contributed by atoms with Gasteiger partial charge in [-0.05, 0) is 24.6 Å². The summed E-state index contributed by atoms with van der Waals surface area (Å²) < 4.78 is 7.87. The minimum Gasteiger partial charge on any atom is -0.480 e. The number of hydrogen-bond acceptors (Lipinski definition) is 3. The van der Waals surface area contributed by atoms with Crippen molar-refractivity contribution in [3.05, 3.63) is 54.5 Å². The summed E-state index contributed by atoms with van der Waals surface area (Å²) in [5.74, 6) is -0.878. The topological polar surface area (TPSA) is 64.3 Å². The Labute approximate surface area is 155 Å². The van der Waals surface area contributed by atoms with Crippen molar-refractivity contribution in [2.45, 2.75) is 44.3 Å². The van der Waals surface area contributed by atoms with Gasteiger partial charge in [-0.15, -0.1) is 0 Å². The first-order chi connectivity index (χ1) is 12.3. The molecule has 6 heteroatoms. The number of aliphatic carboxylic acids is 1. The summed E-state index contributed by atoms with van der Waals surface area (Å²) in [4.78, 5) is 16.5. The van der Waals surface area contributed by atoms with Gasteiger partial charge in [-0.1, -0.05) is 43.9 Å². The van der Waals surface area contributed by atoms with Gasteiger partial charge in [0.15, 0.2) is 0 Å². The summed E-state index contributed by atoms with van der Waals surface area (Å²) in [7, 11) is -1.11. The van der Waals surface area contributed by atoms with Gasteiger partial charge in [0.25, 0.3) is 0 Å². The van der Waals surface area contributed by atoms with E-state index in [4.69, 9.17) is 4.74 Å². The maximum atomic E-state index is 12.1. The van der Waals surface area contributed by atoms with E-state index in [0.717, 1.165) is 23.6 Å². The second kappa shape index (κ2) is 7.21. The Balaban J connectivity index is 1.88. The summed E-state index contributed by atoms with van der Waals surface area (Å²) in [6.45, 7) is 8.21. The van der Waals surface area contributed by atoms with Gasteiger partial charge in [-0.2, -0.15) is 0 Å². The van der Waals surface area contributed by atoms with Crippen LogP contribution < -0.4 is 0 Å². The highest BCUT2D eigenvalue weighted by atomic mass is 28.3. The molecule has 0 saturated carbocycles. The molecule has 0 fully saturated rings. The van der Waals surface area contributed by atoms with Crippen molar-refractivity contribution in [3.63, 3.8) is 0 Å². The van der Waals surface area contributed by atoms with Crippen molar-refractivity contribution in [3.8, 4) is 0 Å². The standard InChI is InChI=1S/C20H26N2O3Si/c1-26(2,3)14-13-25-15-22-12-8-16-17(22)7-11-21-18(16)20(19(23)24)9-5-4-6-10-20/h4-9,11-12H,10,13-15H2,1-3H3,(H,23,24). The summed E-state index contributed by atoms with van der Waals surface area (Å²) in [5, 5.41) is 10.8. The zero-order valence-corrected chi connectivity index (χ0v) is 16.6. The van der Waals surface area contributed by atoms with Crippen LogP contribution in [0, 0.1) is 0 Å². The Morgan fingerprint density at radius 3 is 2.81 bits per heavy atom. The molecule has 2 heterocycles.